The lowest BCUT2D eigenvalue weighted by Gasteiger charge is -2.22. The van der Waals surface area contributed by atoms with Gasteiger partial charge in [-0.05, 0) is 55.7 Å². The molecule has 3 heterocycles. The standard InChI is InChI=1S/C19H20ClN3O3S3/c1-11-4-5-12-13(10-21)19(27-15(12)9-11)22-18(24)14-3-2-8-23(14)29(25,26)17-7-6-16(20)28-17/h6-7,11,14H,2-5,8-9H2,1H3,(H,22,24)/t11-,14+/m1/s1. The van der Waals surface area contributed by atoms with E-state index in [2.05, 4.69) is 18.3 Å². The zero-order valence-corrected chi connectivity index (χ0v) is 19.0. The molecule has 1 N–H and O–H groups in total. The number of amides is 1. The first-order chi connectivity index (χ1) is 13.8. The summed E-state index contributed by atoms with van der Waals surface area (Å²) in [5.41, 5.74) is 1.57. The molecule has 2 aromatic heterocycles. The third kappa shape index (κ3) is 3.84. The molecule has 4 rings (SSSR count). The summed E-state index contributed by atoms with van der Waals surface area (Å²) in [6, 6.07) is 4.46. The molecule has 0 spiro atoms. The van der Waals surface area contributed by atoms with Gasteiger partial charge in [-0.1, -0.05) is 18.5 Å². The number of halogens is 1. The van der Waals surface area contributed by atoms with E-state index in [1.165, 1.54) is 21.7 Å². The van der Waals surface area contributed by atoms with Gasteiger partial charge in [0.2, 0.25) is 5.91 Å². The van der Waals surface area contributed by atoms with E-state index >= 15 is 0 Å². The third-order valence-corrected chi connectivity index (χ3v) is 10.3. The number of carbonyl (C=O) groups is 1. The molecule has 1 aliphatic carbocycles. The van der Waals surface area contributed by atoms with E-state index in [1.807, 2.05) is 0 Å². The Morgan fingerprint density at radius 1 is 1.34 bits per heavy atom. The second kappa shape index (κ2) is 8.00. The van der Waals surface area contributed by atoms with Crippen molar-refractivity contribution in [3.05, 3.63) is 32.5 Å². The van der Waals surface area contributed by atoms with Gasteiger partial charge in [0.1, 0.15) is 21.3 Å². The molecule has 29 heavy (non-hydrogen) atoms. The first-order valence-electron chi connectivity index (χ1n) is 9.44. The third-order valence-electron chi connectivity index (χ3n) is 5.48. The fraction of sp³-hybridized carbons (Fsp3) is 0.474. The van der Waals surface area contributed by atoms with Gasteiger partial charge < -0.3 is 5.32 Å². The van der Waals surface area contributed by atoms with Crippen molar-refractivity contribution in [2.24, 2.45) is 5.92 Å². The van der Waals surface area contributed by atoms with Crippen LogP contribution in [-0.4, -0.2) is 31.2 Å². The molecule has 1 saturated heterocycles. The minimum Gasteiger partial charge on any atom is -0.315 e. The van der Waals surface area contributed by atoms with Crippen LogP contribution in [0.3, 0.4) is 0 Å². The Kier molecular flexibility index (Phi) is 5.75. The normalized spacial score (nSPS) is 22.2. The molecule has 154 valence electrons. The summed E-state index contributed by atoms with van der Waals surface area (Å²) in [7, 11) is -3.78. The topological polar surface area (TPSA) is 90.3 Å². The number of hydrogen-bond acceptors (Lipinski definition) is 6. The maximum Gasteiger partial charge on any atom is 0.253 e. The lowest BCUT2D eigenvalue weighted by atomic mass is 9.88. The predicted molar refractivity (Wildman–Crippen MR) is 115 cm³/mol. The van der Waals surface area contributed by atoms with Crippen molar-refractivity contribution in [3.63, 3.8) is 0 Å². The minimum absolute atomic E-state index is 0.139. The molecule has 0 saturated carbocycles. The first kappa shape index (κ1) is 20.8. The van der Waals surface area contributed by atoms with Gasteiger partial charge in [-0.15, -0.1) is 22.7 Å². The lowest BCUT2D eigenvalue weighted by molar-refractivity contribution is -0.119. The van der Waals surface area contributed by atoms with Crippen LogP contribution in [0.2, 0.25) is 4.34 Å². The number of thiophene rings is 2. The fourth-order valence-corrected chi connectivity index (χ4v) is 8.63. The number of rotatable bonds is 4. The molecule has 0 radical (unpaired) electrons. The number of fused-ring (bicyclic) bond motifs is 1. The molecule has 6 nitrogen and oxygen atoms in total. The second-order valence-electron chi connectivity index (χ2n) is 7.49. The van der Waals surface area contributed by atoms with Crippen molar-refractivity contribution in [2.45, 2.75) is 49.3 Å². The Morgan fingerprint density at radius 3 is 2.83 bits per heavy atom. The van der Waals surface area contributed by atoms with E-state index < -0.39 is 16.1 Å². The average molecular weight is 470 g/mol. The maximum atomic E-state index is 13.0. The summed E-state index contributed by atoms with van der Waals surface area (Å²) in [5, 5.41) is 13.0. The smallest absolute Gasteiger partial charge is 0.253 e. The van der Waals surface area contributed by atoms with Crippen LogP contribution >= 0.6 is 34.3 Å². The van der Waals surface area contributed by atoms with Gasteiger partial charge in [0, 0.05) is 11.4 Å². The fourth-order valence-electron chi connectivity index (χ4n) is 3.99. The summed E-state index contributed by atoms with van der Waals surface area (Å²) in [6.07, 6.45) is 3.85. The van der Waals surface area contributed by atoms with Crippen LogP contribution in [0.25, 0.3) is 0 Å². The molecule has 2 aliphatic rings. The van der Waals surface area contributed by atoms with Crippen LogP contribution in [-0.2, 0) is 27.7 Å². The quantitative estimate of drug-likeness (QED) is 0.724. The largest absolute Gasteiger partial charge is 0.315 e. The molecule has 0 aromatic carbocycles. The number of nitriles is 1. The van der Waals surface area contributed by atoms with Crippen LogP contribution < -0.4 is 5.32 Å². The molecule has 1 fully saturated rings. The van der Waals surface area contributed by atoms with E-state index in [9.17, 15) is 18.5 Å². The van der Waals surface area contributed by atoms with Crippen molar-refractivity contribution >= 4 is 55.2 Å². The molecule has 0 bridgehead atoms. The zero-order chi connectivity index (χ0) is 20.8. The van der Waals surface area contributed by atoms with Gasteiger partial charge in [-0.25, -0.2) is 8.42 Å². The van der Waals surface area contributed by atoms with E-state index in [0.29, 0.717) is 40.2 Å². The van der Waals surface area contributed by atoms with Crippen LogP contribution in [0.1, 0.15) is 42.2 Å². The summed E-state index contributed by atoms with van der Waals surface area (Å²) in [5.74, 6) is 0.182. The molecular formula is C19H20ClN3O3S3. The van der Waals surface area contributed by atoms with E-state index in [-0.39, 0.29) is 10.1 Å². The highest BCUT2D eigenvalue weighted by atomic mass is 35.5. The van der Waals surface area contributed by atoms with Crippen molar-refractivity contribution in [1.29, 1.82) is 5.26 Å². The first-order valence-corrected chi connectivity index (χ1v) is 12.9. The summed E-state index contributed by atoms with van der Waals surface area (Å²) >= 11 is 8.33. The molecule has 2 atom stereocenters. The molecular weight excluding hydrogens is 450 g/mol. The summed E-state index contributed by atoms with van der Waals surface area (Å²) in [6.45, 7) is 2.48. The monoisotopic (exact) mass is 469 g/mol. The second-order valence-corrected chi connectivity index (χ2v) is 12.4. The maximum absolute atomic E-state index is 13.0. The molecule has 10 heteroatoms. The number of sulfonamides is 1. The van der Waals surface area contributed by atoms with Crippen molar-refractivity contribution in [1.82, 2.24) is 4.31 Å². The number of hydrogen-bond donors (Lipinski definition) is 1. The summed E-state index contributed by atoms with van der Waals surface area (Å²) in [4.78, 5) is 14.2. The average Bonchev–Trinajstić information content (AvgIpc) is 3.39. The number of anilines is 1. The Balaban J connectivity index is 1.58. The minimum atomic E-state index is -3.78. The summed E-state index contributed by atoms with van der Waals surface area (Å²) < 4.78 is 27.7. The van der Waals surface area contributed by atoms with Crippen molar-refractivity contribution in [3.8, 4) is 6.07 Å². The van der Waals surface area contributed by atoms with Crippen molar-refractivity contribution < 1.29 is 13.2 Å². The predicted octanol–water partition coefficient (Wildman–Crippen LogP) is 4.25. The molecule has 0 unspecified atom stereocenters. The number of nitrogens with one attached hydrogen (secondary N) is 1. The lowest BCUT2D eigenvalue weighted by Crippen LogP contribution is -2.42. The van der Waals surface area contributed by atoms with E-state index in [0.717, 1.165) is 41.0 Å². The highest BCUT2D eigenvalue weighted by Crippen LogP contribution is 2.40. The van der Waals surface area contributed by atoms with Gasteiger partial charge >= 0.3 is 0 Å². The number of carbonyl (C=O) groups excluding carboxylic acids is 1. The highest BCUT2D eigenvalue weighted by Gasteiger charge is 2.40. The molecule has 1 amide bonds. The Hall–Kier alpha value is -1.44. The number of nitrogens with zero attached hydrogens (tertiary/aromatic N) is 2. The zero-order valence-electron chi connectivity index (χ0n) is 15.8. The molecule has 2 aromatic rings. The van der Waals surface area contributed by atoms with Crippen LogP contribution in [0.15, 0.2) is 16.3 Å². The molecule has 1 aliphatic heterocycles. The van der Waals surface area contributed by atoms with Gasteiger partial charge in [0.25, 0.3) is 10.0 Å². The van der Waals surface area contributed by atoms with Gasteiger partial charge in [-0.3, -0.25) is 4.79 Å². The Morgan fingerprint density at radius 2 is 2.14 bits per heavy atom. The Labute approximate surface area is 183 Å². The van der Waals surface area contributed by atoms with Crippen LogP contribution in [0, 0.1) is 17.2 Å². The van der Waals surface area contributed by atoms with E-state index in [4.69, 9.17) is 11.6 Å². The highest BCUT2D eigenvalue weighted by molar-refractivity contribution is 7.91. The van der Waals surface area contributed by atoms with Crippen molar-refractivity contribution in [2.75, 3.05) is 11.9 Å². The van der Waals surface area contributed by atoms with E-state index in [1.54, 1.807) is 6.07 Å². The van der Waals surface area contributed by atoms with Gasteiger partial charge in [0.05, 0.1) is 9.90 Å². The SMILES string of the molecule is C[C@@H]1CCc2c(sc(NC(=O)[C@@H]3CCCN3S(=O)(=O)c3ccc(Cl)s3)c2C#N)C1. The van der Waals surface area contributed by atoms with Crippen LogP contribution in [0.5, 0.6) is 0 Å². The van der Waals surface area contributed by atoms with Gasteiger partial charge in [0.15, 0.2) is 0 Å². The Bertz CT molecular complexity index is 1100. The van der Waals surface area contributed by atoms with Gasteiger partial charge in [-0.2, -0.15) is 9.57 Å². The van der Waals surface area contributed by atoms with Crippen LogP contribution in [0.4, 0.5) is 5.00 Å².